The van der Waals surface area contributed by atoms with Crippen LogP contribution in [0.4, 0.5) is 5.69 Å². The second kappa shape index (κ2) is 6.41. The minimum Gasteiger partial charge on any atom is -0.479 e. The predicted octanol–water partition coefficient (Wildman–Crippen LogP) is 2.59. The van der Waals surface area contributed by atoms with Gasteiger partial charge in [-0.1, -0.05) is 30.3 Å². The lowest BCUT2D eigenvalue weighted by atomic mass is 10.1. The number of benzene rings is 2. The fourth-order valence-electron chi connectivity index (χ4n) is 1.86. The van der Waals surface area contributed by atoms with E-state index < -0.39 is 17.9 Å². The summed E-state index contributed by atoms with van der Waals surface area (Å²) in [6, 6.07) is 12.2. The average Bonchev–Trinajstić information content (AvgIpc) is 2.47. The van der Waals surface area contributed by atoms with Crippen LogP contribution in [0.15, 0.2) is 53.0 Å². The molecular weight excluding hydrogens is 336 g/mol. The van der Waals surface area contributed by atoms with Gasteiger partial charge in [-0.3, -0.25) is 4.79 Å². The van der Waals surface area contributed by atoms with Gasteiger partial charge in [-0.05, 0) is 39.7 Å². The van der Waals surface area contributed by atoms with Gasteiger partial charge in [0.25, 0.3) is 5.91 Å². The highest BCUT2D eigenvalue weighted by Gasteiger charge is 2.23. The van der Waals surface area contributed by atoms with E-state index in [1.165, 1.54) is 6.07 Å². The second-order valence-corrected chi connectivity index (χ2v) is 5.25. The molecule has 0 fully saturated rings. The number of hydrogen-bond donors (Lipinski definition) is 3. The van der Waals surface area contributed by atoms with E-state index in [-0.39, 0.29) is 5.56 Å². The third-order valence-corrected chi connectivity index (χ3v) is 3.58. The first-order valence-electron chi connectivity index (χ1n) is 6.12. The number of carbonyl (C=O) groups is 2. The smallest absolute Gasteiger partial charge is 0.330 e. The minimum absolute atomic E-state index is 0.289. The summed E-state index contributed by atoms with van der Waals surface area (Å²) in [7, 11) is 0. The zero-order chi connectivity index (χ0) is 15.4. The molecule has 0 spiro atoms. The van der Waals surface area contributed by atoms with Gasteiger partial charge in [0.2, 0.25) is 0 Å². The Kier molecular flexibility index (Phi) is 4.59. The number of halogens is 1. The highest BCUT2D eigenvalue weighted by molar-refractivity contribution is 9.10. The van der Waals surface area contributed by atoms with Crippen LogP contribution in [0.25, 0.3) is 0 Å². The first-order valence-corrected chi connectivity index (χ1v) is 6.92. The van der Waals surface area contributed by atoms with Gasteiger partial charge < -0.3 is 16.2 Å². The molecule has 2 aromatic carbocycles. The molecule has 6 heteroatoms. The molecule has 1 amide bonds. The van der Waals surface area contributed by atoms with E-state index >= 15 is 0 Å². The molecule has 0 unspecified atom stereocenters. The van der Waals surface area contributed by atoms with E-state index in [1.54, 1.807) is 42.5 Å². The van der Waals surface area contributed by atoms with Gasteiger partial charge in [0.15, 0.2) is 6.04 Å². The van der Waals surface area contributed by atoms with E-state index in [2.05, 4.69) is 21.2 Å². The molecule has 0 aromatic heterocycles. The lowest BCUT2D eigenvalue weighted by Gasteiger charge is -2.15. The van der Waals surface area contributed by atoms with E-state index in [1.807, 2.05) is 0 Å². The minimum atomic E-state index is -1.13. The summed E-state index contributed by atoms with van der Waals surface area (Å²) in [5, 5.41) is 11.8. The molecule has 0 saturated carbocycles. The number of nitrogen functional groups attached to an aromatic ring is 1. The van der Waals surface area contributed by atoms with Crippen LogP contribution in [0.3, 0.4) is 0 Å². The summed E-state index contributed by atoms with van der Waals surface area (Å²) >= 11 is 3.25. The van der Waals surface area contributed by atoms with Crippen molar-refractivity contribution in [3.63, 3.8) is 0 Å². The van der Waals surface area contributed by atoms with Crippen molar-refractivity contribution in [1.82, 2.24) is 5.32 Å². The molecule has 0 aliphatic heterocycles. The quantitative estimate of drug-likeness (QED) is 0.740. The maximum absolute atomic E-state index is 12.2. The van der Waals surface area contributed by atoms with Gasteiger partial charge in [-0.15, -0.1) is 0 Å². The SMILES string of the molecule is Nc1ccc(Br)c(C(=O)N[C@@H](C(=O)O)c2ccccc2)c1. The lowest BCUT2D eigenvalue weighted by Crippen LogP contribution is -2.33. The molecule has 1 atom stereocenters. The zero-order valence-corrected chi connectivity index (χ0v) is 12.5. The molecule has 2 rings (SSSR count). The van der Waals surface area contributed by atoms with Crippen molar-refractivity contribution < 1.29 is 14.7 Å². The third kappa shape index (κ3) is 3.61. The Labute approximate surface area is 129 Å². The third-order valence-electron chi connectivity index (χ3n) is 2.89. The van der Waals surface area contributed by atoms with E-state index in [4.69, 9.17) is 5.73 Å². The van der Waals surface area contributed by atoms with Gasteiger partial charge in [0, 0.05) is 10.2 Å². The van der Waals surface area contributed by atoms with Crippen LogP contribution in [-0.2, 0) is 4.79 Å². The van der Waals surface area contributed by atoms with Gasteiger partial charge in [0.1, 0.15) is 0 Å². The topological polar surface area (TPSA) is 92.4 Å². The van der Waals surface area contributed by atoms with Crippen molar-refractivity contribution in [2.45, 2.75) is 6.04 Å². The highest BCUT2D eigenvalue weighted by Crippen LogP contribution is 2.21. The van der Waals surface area contributed by atoms with Crippen molar-refractivity contribution in [2.75, 3.05) is 5.73 Å². The molecule has 0 saturated heterocycles. The Balaban J connectivity index is 2.27. The first kappa shape index (κ1) is 15.1. The lowest BCUT2D eigenvalue weighted by molar-refractivity contribution is -0.139. The molecule has 0 radical (unpaired) electrons. The van der Waals surface area contributed by atoms with Crippen LogP contribution >= 0.6 is 15.9 Å². The Morgan fingerprint density at radius 2 is 1.81 bits per heavy atom. The monoisotopic (exact) mass is 348 g/mol. The molecule has 2 aromatic rings. The molecule has 21 heavy (non-hydrogen) atoms. The Bertz CT molecular complexity index is 674. The molecule has 0 aliphatic carbocycles. The zero-order valence-electron chi connectivity index (χ0n) is 10.9. The number of carboxylic acid groups (broad SMARTS) is 1. The van der Waals surface area contributed by atoms with Gasteiger partial charge in [-0.2, -0.15) is 0 Å². The molecule has 4 N–H and O–H groups in total. The fraction of sp³-hybridized carbons (Fsp3) is 0.0667. The number of amides is 1. The number of rotatable bonds is 4. The number of hydrogen-bond acceptors (Lipinski definition) is 3. The summed E-state index contributed by atoms with van der Waals surface area (Å²) in [5.74, 6) is -1.64. The van der Waals surface area contributed by atoms with E-state index in [0.29, 0.717) is 15.7 Å². The Morgan fingerprint density at radius 1 is 1.14 bits per heavy atom. The summed E-state index contributed by atoms with van der Waals surface area (Å²) in [4.78, 5) is 23.6. The molecule has 0 aliphatic rings. The van der Waals surface area contributed by atoms with Crippen LogP contribution in [0.1, 0.15) is 22.0 Å². The largest absolute Gasteiger partial charge is 0.479 e. The predicted molar refractivity (Wildman–Crippen MR) is 82.8 cm³/mol. The van der Waals surface area contributed by atoms with E-state index in [9.17, 15) is 14.7 Å². The van der Waals surface area contributed by atoms with Gasteiger partial charge in [0.05, 0.1) is 5.56 Å². The summed E-state index contributed by atoms with van der Waals surface area (Å²) in [5.41, 5.74) is 6.86. The summed E-state index contributed by atoms with van der Waals surface area (Å²) < 4.78 is 0.548. The molecule has 5 nitrogen and oxygen atoms in total. The highest BCUT2D eigenvalue weighted by atomic mass is 79.9. The second-order valence-electron chi connectivity index (χ2n) is 4.39. The van der Waals surface area contributed by atoms with Crippen LogP contribution in [-0.4, -0.2) is 17.0 Å². The number of carbonyl (C=O) groups excluding carboxylic acids is 1. The van der Waals surface area contributed by atoms with Gasteiger partial charge >= 0.3 is 5.97 Å². The maximum Gasteiger partial charge on any atom is 0.330 e. The number of nitrogens with one attached hydrogen (secondary N) is 1. The Morgan fingerprint density at radius 3 is 2.43 bits per heavy atom. The van der Waals surface area contributed by atoms with Gasteiger partial charge in [-0.25, -0.2) is 4.79 Å². The summed E-state index contributed by atoms with van der Waals surface area (Å²) in [6.45, 7) is 0. The molecular formula is C15H13BrN2O3. The van der Waals surface area contributed by atoms with Crippen molar-refractivity contribution in [3.05, 3.63) is 64.1 Å². The van der Waals surface area contributed by atoms with Crippen molar-refractivity contribution in [1.29, 1.82) is 0 Å². The van der Waals surface area contributed by atoms with Crippen LogP contribution in [0, 0.1) is 0 Å². The Hall–Kier alpha value is -2.34. The van der Waals surface area contributed by atoms with Crippen LogP contribution < -0.4 is 11.1 Å². The number of nitrogens with two attached hydrogens (primary N) is 1. The number of aliphatic carboxylic acids is 1. The fourth-order valence-corrected chi connectivity index (χ4v) is 2.29. The molecule has 108 valence electrons. The van der Waals surface area contributed by atoms with Crippen molar-refractivity contribution in [3.8, 4) is 0 Å². The molecule has 0 bridgehead atoms. The first-order chi connectivity index (χ1) is 9.99. The van der Waals surface area contributed by atoms with Crippen LogP contribution in [0.2, 0.25) is 0 Å². The molecule has 0 heterocycles. The van der Waals surface area contributed by atoms with Crippen molar-refractivity contribution >= 4 is 33.5 Å². The number of anilines is 1. The van der Waals surface area contributed by atoms with E-state index in [0.717, 1.165) is 0 Å². The normalized spacial score (nSPS) is 11.7. The van der Waals surface area contributed by atoms with Crippen molar-refractivity contribution in [2.24, 2.45) is 0 Å². The number of carboxylic acids is 1. The average molecular weight is 349 g/mol. The van der Waals surface area contributed by atoms with Crippen LogP contribution in [0.5, 0.6) is 0 Å². The summed E-state index contributed by atoms with van der Waals surface area (Å²) in [6.07, 6.45) is 0. The maximum atomic E-state index is 12.2. The standard InChI is InChI=1S/C15H13BrN2O3/c16-12-7-6-10(17)8-11(12)14(19)18-13(15(20)21)9-4-2-1-3-5-9/h1-8,13H,17H2,(H,18,19)(H,20,21)/t13-/m1/s1.